The van der Waals surface area contributed by atoms with Gasteiger partial charge >= 0.3 is 0 Å². The fraction of sp³-hybridized carbons (Fsp3) is 0.750. The Morgan fingerprint density at radius 3 is 2.60 bits per heavy atom. The summed E-state index contributed by atoms with van der Waals surface area (Å²) in [6.45, 7) is 9.74. The van der Waals surface area contributed by atoms with Crippen LogP contribution in [0.25, 0.3) is 0 Å². The number of aromatic nitrogens is 1. The van der Waals surface area contributed by atoms with Crippen LogP contribution in [0, 0.1) is 5.92 Å². The van der Waals surface area contributed by atoms with Crippen LogP contribution in [-0.4, -0.2) is 95.9 Å². The molecule has 3 saturated heterocycles. The monoisotopic (exact) mass is 413 g/mol. The number of carbonyl (C=O) groups excluding carboxylic acids is 1. The highest BCUT2D eigenvalue weighted by atomic mass is 16.2. The van der Waals surface area contributed by atoms with Gasteiger partial charge in [-0.1, -0.05) is 6.07 Å². The fourth-order valence-electron chi connectivity index (χ4n) is 5.45. The minimum atomic E-state index is 0.191. The maximum absolute atomic E-state index is 13.1. The first-order valence-electron chi connectivity index (χ1n) is 12.0. The van der Waals surface area contributed by atoms with Crippen molar-refractivity contribution in [1.29, 1.82) is 0 Å². The lowest BCUT2D eigenvalue weighted by atomic mass is 9.93. The van der Waals surface area contributed by atoms with E-state index in [1.807, 2.05) is 30.4 Å². The van der Waals surface area contributed by atoms with Crippen molar-refractivity contribution in [2.24, 2.45) is 5.92 Å². The van der Waals surface area contributed by atoms with Gasteiger partial charge < -0.3 is 9.80 Å². The Kier molecular flexibility index (Phi) is 7.74. The number of likely N-dealkylation sites (tertiary alicyclic amines) is 3. The standard InChI is InChI=1S/C24H39N5O/c1-26(16-17-27-11-2-3-12-27)24(30)22-7-5-13-29(20-22)23-8-14-28(15-9-23)19-21-6-4-10-25-18-21/h4,6,10,18,22-23H,2-3,5,7-9,11-17,19-20H2,1H3/t22-/m1/s1. The summed E-state index contributed by atoms with van der Waals surface area (Å²) in [6.07, 6.45) is 11.1. The minimum absolute atomic E-state index is 0.191. The van der Waals surface area contributed by atoms with Gasteiger partial charge in [-0.3, -0.25) is 19.6 Å². The molecule has 0 saturated carbocycles. The molecule has 3 aliphatic heterocycles. The fourth-order valence-corrected chi connectivity index (χ4v) is 5.45. The number of piperidine rings is 2. The third kappa shape index (κ3) is 5.80. The Balaban J connectivity index is 1.21. The lowest BCUT2D eigenvalue weighted by Gasteiger charge is -2.42. The van der Waals surface area contributed by atoms with Gasteiger partial charge in [0, 0.05) is 51.7 Å². The van der Waals surface area contributed by atoms with Gasteiger partial charge in [-0.15, -0.1) is 0 Å². The van der Waals surface area contributed by atoms with Crippen LogP contribution in [0.2, 0.25) is 0 Å². The largest absolute Gasteiger partial charge is 0.344 e. The molecule has 6 nitrogen and oxygen atoms in total. The van der Waals surface area contributed by atoms with Crippen LogP contribution >= 0.6 is 0 Å². The summed E-state index contributed by atoms with van der Waals surface area (Å²) in [6, 6.07) is 4.83. The predicted molar refractivity (Wildman–Crippen MR) is 120 cm³/mol. The Bertz CT molecular complexity index is 655. The van der Waals surface area contributed by atoms with Crippen LogP contribution in [-0.2, 0) is 11.3 Å². The molecule has 0 unspecified atom stereocenters. The highest BCUT2D eigenvalue weighted by Crippen LogP contribution is 2.25. The second-order valence-electron chi connectivity index (χ2n) is 9.51. The Morgan fingerprint density at radius 2 is 1.87 bits per heavy atom. The highest BCUT2D eigenvalue weighted by Gasteiger charge is 2.32. The minimum Gasteiger partial charge on any atom is -0.344 e. The predicted octanol–water partition coefficient (Wildman–Crippen LogP) is 2.31. The van der Waals surface area contributed by atoms with Crippen molar-refractivity contribution in [3.05, 3.63) is 30.1 Å². The number of likely N-dealkylation sites (N-methyl/N-ethyl adjacent to an activating group) is 1. The van der Waals surface area contributed by atoms with Gasteiger partial charge in [0.05, 0.1) is 5.92 Å². The third-order valence-electron chi connectivity index (χ3n) is 7.33. The number of rotatable bonds is 7. The third-order valence-corrected chi connectivity index (χ3v) is 7.33. The lowest BCUT2D eigenvalue weighted by molar-refractivity contribution is -0.136. The quantitative estimate of drug-likeness (QED) is 0.686. The normalized spacial score (nSPS) is 24.9. The van der Waals surface area contributed by atoms with Crippen LogP contribution in [0.15, 0.2) is 24.5 Å². The number of hydrogen-bond donors (Lipinski definition) is 0. The maximum Gasteiger partial charge on any atom is 0.226 e. The molecule has 0 aromatic carbocycles. The van der Waals surface area contributed by atoms with E-state index < -0.39 is 0 Å². The topological polar surface area (TPSA) is 42.9 Å². The zero-order chi connectivity index (χ0) is 20.8. The molecule has 166 valence electrons. The van der Waals surface area contributed by atoms with Crippen LogP contribution in [0.5, 0.6) is 0 Å². The first-order chi connectivity index (χ1) is 14.7. The SMILES string of the molecule is CN(CCN1CCCC1)C(=O)[C@@H]1CCCN(C2CCN(Cc3cccnc3)CC2)C1. The molecule has 0 radical (unpaired) electrons. The summed E-state index contributed by atoms with van der Waals surface area (Å²) < 4.78 is 0. The molecule has 1 aromatic heterocycles. The molecular weight excluding hydrogens is 374 g/mol. The molecule has 1 aromatic rings. The van der Waals surface area contributed by atoms with Crippen LogP contribution in [0.3, 0.4) is 0 Å². The van der Waals surface area contributed by atoms with E-state index in [0.29, 0.717) is 11.9 Å². The smallest absolute Gasteiger partial charge is 0.226 e. The van der Waals surface area contributed by atoms with E-state index in [2.05, 4.69) is 25.8 Å². The van der Waals surface area contributed by atoms with E-state index >= 15 is 0 Å². The second-order valence-corrected chi connectivity index (χ2v) is 9.51. The Hall–Kier alpha value is -1.50. The average Bonchev–Trinajstić information content (AvgIpc) is 3.32. The van der Waals surface area contributed by atoms with Crippen molar-refractivity contribution in [3.63, 3.8) is 0 Å². The molecule has 1 amide bonds. The highest BCUT2D eigenvalue weighted by molar-refractivity contribution is 5.78. The number of carbonyl (C=O) groups is 1. The molecule has 0 aliphatic carbocycles. The first kappa shape index (κ1) is 21.7. The van der Waals surface area contributed by atoms with Gasteiger partial charge in [0.1, 0.15) is 0 Å². The van der Waals surface area contributed by atoms with E-state index in [4.69, 9.17) is 0 Å². The van der Waals surface area contributed by atoms with E-state index in [0.717, 1.165) is 58.7 Å². The summed E-state index contributed by atoms with van der Waals surface area (Å²) in [7, 11) is 2.01. The van der Waals surface area contributed by atoms with Crippen LogP contribution < -0.4 is 0 Å². The van der Waals surface area contributed by atoms with Crippen molar-refractivity contribution in [3.8, 4) is 0 Å². The summed E-state index contributed by atoms with van der Waals surface area (Å²) >= 11 is 0. The van der Waals surface area contributed by atoms with Gasteiger partial charge in [-0.2, -0.15) is 0 Å². The molecule has 0 bridgehead atoms. The van der Waals surface area contributed by atoms with Gasteiger partial charge in [-0.25, -0.2) is 0 Å². The van der Waals surface area contributed by atoms with Crippen LogP contribution in [0.4, 0.5) is 0 Å². The van der Waals surface area contributed by atoms with Crippen molar-refractivity contribution >= 4 is 5.91 Å². The Morgan fingerprint density at radius 1 is 1.07 bits per heavy atom. The van der Waals surface area contributed by atoms with E-state index in [-0.39, 0.29) is 5.92 Å². The molecule has 30 heavy (non-hydrogen) atoms. The zero-order valence-electron chi connectivity index (χ0n) is 18.7. The average molecular weight is 414 g/mol. The summed E-state index contributed by atoms with van der Waals surface area (Å²) in [5, 5.41) is 0. The first-order valence-corrected chi connectivity index (χ1v) is 12.0. The molecule has 3 fully saturated rings. The second kappa shape index (κ2) is 10.7. The van der Waals surface area contributed by atoms with Gasteiger partial charge in [0.2, 0.25) is 5.91 Å². The molecule has 0 N–H and O–H groups in total. The molecule has 4 heterocycles. The molecule has 3 aliphatic rings. The number of amides is 1. The summed E-state index contributed by atoms with van der Waals surface area (Å²) in [5.41, 5.74) is 1.30. The van der Waals surface area contributed by atoms with Crippen molar-refractivity contribution in [2.45, 2.75) is 51.1 Å². The van der Waals surface area contributed by atoms with E-state index in [1.165, 1.54) is 44.3 Å². The van der Waals surface area contributed by atoms with Gasteiger partial charge in [0.25, 0.3) is 0 Å². The number of pyridine rings is 1. The maximum atomic E-state index is 13.1. The van der Waals surface area contributed by atoms with Crippen LogP contribution in [0.1, 0.15) is 44.1 Å². The molecule has 0 spiro atoms. The number of hydrogen-bond acceptors (Lipinski definition) is 5. The van der Waals surface area contributed by atoms with E-state index in [1.54, 1.807) is 0 Å². The zero-order valence-corrected chi connectivity index (χ0v) is 18.7. The molecule has 6 heteroatoms. The summed E-state index contributed by atoms with van der Waals surface area (Å²) in [5.74, 6) is 0.559. The van der Waals surface area contributed by atoms with Crippen molar-refractivity contribution in [1.82, 2.24) is 24.6 Å². The lowest BCUT2D eigenvalue weighted by Crippen LogP contribution is -2.51. The summed E-state index contributed by atoms with van der Waals surface area (Å²) in [4.78, 5) is 27.0. The van der Waals surface area contributed by atoms with Gasteiger partial charge in [-0.05, 0) is 82.9 Å². The van der Waals surface area contributed by atoms with E-state index in [9.17, 15) is 4.79 Å². The molecule has 1 atom stereocenters. The number of nitrogens with zero attached hydrogens (tertiary/aromatic N) is 5. The van der Waals surface area contributed by atoms with Crippen molar-refractivity contribution < 1.29 is 4.79 Å². The Labute approximate surface area is 182 Å². The van der Waals surface area contributed by atoms with Gasteiger partial charge in [0.15, 0.2) is 0 Å². The van der Waals surface area contributed by atoms with Crippen molar-refractivity contribution in [2.75, 3.05) is 59.4 Å². The molecular formula is C24H39N5O. The molecule has 4 rings (SSSR count).